The van der Waals surface area contributed by atoms with Crippen molar-refractivity contribution in [2.45, 2.75) is 31.5 Å². The molecule has 12 heteroatoms. The number of ether oxygens (including phenoxy) is 1. The quantitative estimate of drug-likeness (QED) is 0.237. The molecule has 2 aromatic heterocycles. The number of carbonyl (C=O) groups excluding carboxylic acids is 1. The zero-order valence-corrected chi connectivity index (χ0v) is 20.5. The second-order valence-corrected chi connectivity index (χ2v) is 9.48. The number of fused-ring (bicyclic) bond motifs is 2. The van der Waals surface area contributed by atoms with Crippen molar-refractivity contribution < 1.29 is 14.5 Å². The molecule has 0 aliphatic carbocycles. The molecule has 0 radical (unpaired) electrons. The lowest BCUT2D eigenvalue weighted by molar-refractivity contribution is -0.384. The summed E-state index contributed by atoms with van der Waals surface area (Å²) in [4.78, 5) is 41.4. The average molecular weight is 507 g/mol. The third kappa shape index (κ3) is 4.09. The predicted octanol–water partition coefficient (Wildman–Crippen LogP) is 3.79. The first-order valence-corrected chi connectivity index (χ1v) is 12.1. The summed E-state index contributed by atoms with van der Waals surface area (Å²) in [5, 5.41) is 19.0. The highest BCUT2D eigenvalue weighted by Gasteiger charge is 2.30. The van der Waals surface area contributed by atoms with Gasteiger partial charge in [-0.25, -0.2) is 9.67 Å². The summed E-state index contributed by atoms with van der Waals surface area (Å²) >= 11 is 1.41. The van der Waals surface area contributed by atoms with Crippen molar-refractivity contribution in [1.82, 2.24) is 19.3 Å². The third-order valence-electron chi connectivity index (χ3n) is 6.20. The summed E-state index contributed by atoms with van der Waals surface area (Å²) in [5.74, 6) is 0.341. The molecule has 1 amide bonds. The Hall–Kier alpha value is -4.19. The van der Waals surface area contributed by atoms with E-state index >= 15 is 0 Å². The Balaban J connectivity index is 1.41. The van der Waals surface area contributed by atoms with Crippen molar-refractivity contribution in [1.29, 1.82) is 0 Å². The van der Waals surface area contributed by atoms with Crippen molar-refractivity contribution in [3.8, 4) is 11.4 Å². The van der Waals surface area contributed by atoms with Gasteiger partial charge in [-0.1, -0.05) is 17.8 Å². The van der Waals surface area contributed by atoms with Crippen molar-refractivity contribution in [2.75, 3.05) is 18.2 Å². The van der Waals surface area contributed by atoms with Crippen LogP contribution in [0.15, 0.2) is 52.5 Å². The van der Waals surface area contributed by atoms with E-state index in [1.165, 1.54) is 43.3 Å². The van der Waals surface area contributed by atoms with Crippen molar-refractivity contribution in [3.63, 3.8) is 0 Å². The van der Waals surface area contributed by atoms with Crippen molar-refractivity contribution >= 4 is 40.1 Å². The van der Waals surface area contributed by atoms with Crippen LogP contribution in [0, 0.1) is 24.0 Å². The van der Waals surface area contributed by atoms with Gasteiger partial charge in [0, 0.05) is 18.2 Å². The van der Waals surface area contributed by atoms with E-state index in [4.69, 9.17) is 9.72 Å². The number of hydrogen-bond donors (Lipinski definition) is 1. The van der Waals surface area contributed by atoms with E-state index in [1.54, 1.807) is 9.25 Å². The fraction of sp³-hybridized carbons (Fsp3) is 0.250. The van der Waals surface area contributed by atoms with Gasteiger partial charge in [0.15, 0.2) is 10.8 Å². The van der Waals surface area contributed by atoms with Crippen LogP contribution >= 0.6 is 11.8 Å². The Labute approximate surface area is 209 Å². The number of anilines is 1. The zero-order chi connectivity index (χ0) is 25.6. The molecule has 1 aliphatic heterocycles. The molecule has 184 valence electrons. The number of hydrogen-bond acceptors (Lipinski definition) is 8. The summed E-state index contributed by atoms with van der Waals surface area (Å²) in [7, 11) is 1.37. The number of nitrogens with one attached hydrogen (secondary N) is 1. The average Bonchev–Trinajstić information content (AvgIpc) is 3.46. The summed E-state index contributed by atoms with van der Waals surface area (Å²) in [5.41, 5.74) is 3.49. The van der Waals surface area contributed by atoms with Crippen LogP contribution in [0.3, 0.4) is 0 Å². The molecule has 1 unspecified atom stereocenters. The summed E-state index contributed by atoms with van der Waals surface area (Å²) < 4.78 is 8.39. The molecular weight excluding hydrogens is 484 g/mol. The number of benzene rings is 2. The molecule has 1 N–H and O–H groups in total. The molecule has 11 nitrogen and oxygen atoms in total. The van der Waals surface area contributed by atoms with E-state index in [1.807, 2.05) is 32.0 Å². The third-order valence-corrected chi connectivity index (χ3v) is 7.29. The molecule has 1 atom stereocenters. The smallest absolute Gasteiger partial charge is 0.273 e. The molecule has 4 aromatic rings. The lowest BCUT2D eigenvalue weighted by atomic mass is 10.1. The molecule has 0 fully saturated rings. The molecule has 36 heavy (non-hydrogen) atoms. The first-order valence-electron chi connectivity index (χ1n) is 11.1. The topological polar surface area (TPSA) is 134 Å². The number of amides is 1. The highest BCUT2D eigenvalue weighted by molar-refractivity contribution is 7.99. The molecule has 0 saturated heterocycles. The van der Waals surface area contributed by atoms with Crippen LogP contribution in [-0.2, 0) is 4.79 Å². The Morgan fingerprint density at radius 3 is 2.78 bits per heavy atom. The zero-order valence-electron chi connectivity index (χ0n) is 19.7. The minimum absolute atomic E-state index is 0.0263. The first kappa shape index (κ1) is 23.5. The van der Waals surface area contributed by atoms with Gasteiger partial charge in [-0.05, 0) is 43.2 Å². The van der Waals surface area contributed by atoms with Gasteiger partial charge in [-0.2, -0.15) is 5.10 Å². The number of methoxy groups -OCH3 is 1. The van der Waals surface area contributed by atoms with Crippen LogP contribution in [0.4, 0.5) is 11.4 Å². The maximum absolute atomic E-state index is 13.4. The van der Waals surface area contributed by atoms with Crippen LogP contribution in [0.2, 0.25) is 0 Å². The number of non-ortho nitro benzene ring substituents is 1. The Morgan fingerprint density at radius 2 is 2.06 bits per heavy atom. The number of aromatic nitrogens is 4. The molecule has 0 bridgehead atoms. The predicted molar refractivity (Wildman–Crippen MR) is 135 cm³/mol. The van der Waals surface area contributed by atoms with Gasteiger partial charge in [-0.3, -0.25) is 24.3 Å². The maximum Gasteiger partial charge on any atom is 0.273 e. The number of nitrogens with zero attached hydrogens (tertiary/aromatic N) is 5. The van der Waals surface area contributed by atoms with Crippen LogP contribution in [-0.4, -0.2) is 43.0 Å². The molecule has 1 aliphatic rings. The van der Waals surface area contributed by atoms with Gasteiger partial charge in [0.25, 0.3) is 11.2 Å². The standard InChI is InChI=1S/C24H22N6O5S/c1-13-4-5-15(8-14(13)2)29-22-18(11-25-29)23(32)28-17(12-36-24(28)27-22)10-21(31)26-19-7-6-16(30(33)34)9-20(19)35-3/h4-9,11,17H,10,12H2,1-3H3,(H,26,31). The maximum atomic E-state index is 13.4. The van der Waals surface area contributed by atoms with Gasteiger partial charge < -0.3 is 10.1 Å². The number of rotatable bonds is 6. The number of aryl methyl sites for hydroxylation is 2. The molecule has 0 spiro atoms. The second-order valence-electron chi connectivity index (χ2n) is 8.49. The minimum Gasteiger partial charge on any atom is -0.494 e. The number of nitro groups is 1. The highest BCUT2D eigenvalue weighted by atomic mass is 32.2. The fourth-order valence-corrected chi connectivity index (χ4v) is 5.27. The molecule has 0 saturated carbocycles. The Morgan fingerprint density at radius 1 is 1.25 bits per heavy atom. The summed E-state index contributed by atoms with van der Waals surface area (Å²) in [6, 6.07) is 9.50. The van der Waals surface area contributed by atoms with Crippen LogP contribution in [0.5, 0.6) is 5.75 Å². The SMILES string of the molecule is COc1cc([N+](=O)[O-])ccc1NC(=O)CC1CSc2nc3c(cnn3-c3ccc(C)c(C)c3)c(=O)n21. The van der Waals surface area contributed by atoms with E-state index in [0.29, 0.717) is 27.6 Å². The summed E-state index contributed by atoms with van der Waals surface area (Å²) in [6.07, 6.45) is 1.54. The molecular formula is C24H22N6O5S. The highest BCUT2D eigenvalue weighted by Crippen LogP contribution is 2.34. The number of thioether (sulfide) groups is 1. The van der Waals surface area contributed by atoms with Crippen molar-refractivity contribution in [3.05, 3.63) is 74.2 Å². The van der Waals surface area contributed by atoms with Crippen LogP contribution in [0.25, 0.3) is 16.7 Å². The second kappa shape index (κ2) is 9.11. The van der Waals surface area contributed by atoms with Gasteiger partial charge in [-0.15, -0.1) is 0 Å². The van der Waals surface area contributed by atoms with E-state index in [9.17, 15) is 19.7 Å². The lowest BCUT2D eigenvalue weighted by Crippen LogP contribution is -2.27. The normalized spacial score (nSPS) is 14.6. The van der Waals surface area contributed by atoms with Gasteiger partial charge in [0.2, 0.25) is 5.91 Å². The monoisotopic (exact) mass is 506 g/mol. The summed E-state index contributed by atoms with van der Waals surface area (Å²) in [6.45, 7) is 4.05. The lowest BCUT2D eigenvalue weighted by Gasteiger charge is -2.15. The Kier molecular flexibility index (Phi) is 5.96. The minimum atomic E-state index is -0.539. The largest absolute Gasteiger partial charge is 0.494 e. The van der Waals surface area contributed by atoms with E-state index in [-0.39, 0.29) is 29.3 Å². The van der Waals surface area contributed by atoms with Gasteiger partial charge in [0.05, 0.1) is 41.7 Å². The first-order chi connectivity index (χ1) is 17.3. The number of nitro benzene ring substituents is 1. The molecule has 5 rings (SSSR count). The van der Waals surface area contributed by atoms with Crippen LogP contribution in [0.1, 0.15) is 23.6 Å². The molecule has 3 heterocycles. The van der Waals surface area contributed by atoms with Gasteiger partial charge >= 0.3 is 0 Å². The van der Waals surface area contributed by atoms with Crippen LogP contribution < -0.4 is 15.6 Å². The fourth-order valence-electron chi connectivity index (χ4n) is 4.14. The van der Waals surface area contributed by atoms with Gasteiger partial charge in [0.1, 0.15) is 11.1 Å². The van der Waals surface area contributed by atoms with E-state index in [2.05, 4.69) is 10.4 Å². The number of carbonyl (C=O) groups is 1. The van der Waals surface area contributed by atoms with E-state index < -0.39 is 11.0 Å². The molecule has 2 aromatic carbocycles. The Bertz CT molecular complexity index is 1590. The van der Waals surface area contributed by atoms with Crippen molar-refractivity contribution in [2.24, 2.45) is 0 Å². The van der Waals surface area contributed by atoms with E-state index in [0.717, 1.165) is 16.8 Å².